The number of nitrogens with zero attached hydrogens (tertiary/aromatic N) is 1. The Balaban J connectivity index is 2.02. The monoisotopic (exact) mass is 289 g/mol. The molecule has 0 aromatic heterocycles. The molecule has 0 fully saturated rings. The van der Waals surface area contributed by atoms with Gasteiger partial charge in [-0.3, -0.25) is 9.59 Å². The first-order valence-corrected chi connectivity index (χ1v) is 7.45. The second kappa shape index (κ2) is 6.72. The largest absolute Gasteiger partial charge is 0.350 e. The Hall–Kier alpha value is -1.88. The number of fused-ring (bicyclic) bond motifs is 1. The molecule has 0 saturated heterocycles. The lowest BCUT2D eigenvalue weighted by atomic mass is 10.1. The summed E-state index contributed by atoms with van der Waals surface area (Å²) in [5.74, 6) is -0.0192. The maximum atomic E-state index is 12.1. The van der Waals surface area contributed by atoms with Crippen LogP contribution in [0.3, 0.4) is 0 Å². The fourth-order valence-corrected chi connectivity index (χ4v) is 2.64. The maximum Gasteiger partial charge on any atom is 0.251 e. The van der Waals surface area contributed by atoms with Crippen molar-refractivity contribution in [2.45, 2.75) is 33.2 Å². The zero-order chi connectivity index (χ0) is 15.4. The van der Waals surface area contributed by atoms with E-state index in [-0.39, 0.29) is 17.9 Å². The SMILES string of the molecule is CCN[C@H](C)CNC(=O)c1ccc2c(c1)CCN2C(C)=O. The predicted molar refractivity (Wildman–Crippen MR) is 83.6 cm³/mol. The van der Waals surface area contributed by atoms with E-state index < -0.39 is 0 Å². The van der Waals surface area contributed by atoms with Gasteiger partial charge in [-0.25, -0.2) is 0 Å². The Morgan fingerprint density at radius 1 is 1.38 bits per heavy atom. The van der Waals surface area contributed by atoms with Crippen molar-refractivity contribution in [2.75, 3.05) is 24.5 Å². The first-order valence-electron chi connectivity index (χ1n) is 7.45. The van der Waals surface area contributed by atoms with E-state index in [1.807, 2.05) is 26.0 Å². The van der Waals surface area contributed by atoms with Gasteiger partial charge in [0.15, 0.2) is 0 Å². The summed E-state index contributed by atoms with van der Waals surface area (Å²) in [6, 6.07) is 5.80. The molecule has 2 rings (SSSR count). The molecule has 5 nitrogen and oxygen atoms in total. The van der Waals surface area contributed by atoms with Crippen LogP contribution in [0.5, 0.6) is 0 Å². The first kappa shape index (κ1) is 15.5. The maximum absolute atomic E-state index is 12.1. The van der Waals surface area contributed by atoms with Gasteiger partial charge in [-0.05, 0) is 43.7 Å². The van der Waals surface area contributed by atoms with Crippen molar-refractivity contribution >= 4 is 17.5 Å². The molecule has 2 amide bonds. The van der Waals surface area contributed by atoms with Gasteiger partial charge in [0.05, 0.1) is 0 Å². The highest BCUT2D eigenvalue weighted by atomic mass is 16.2. The average Bonchev–Trinajstić information content (AvgIpc) is 2.88. The smallest absolute Gasteiger partial charge is 0.251 e. The first-order chi connectivity index (χ1) is 10.0. The van der Waals surface area contributed by atoms with E-state index in [1.54, 1.807) is 17.9 Å². The van der Waals surface area contributed by atoms with Crippen molar-refractivity contribution in [1.82, 2.24) is 10.6 Å². The molecule has 5 heteroatoms. The summed E-state index contributed by atoms with van der Waals surface area (Å²) in [7, 11) is 0. The van der Waals surface area contributed by atoms with E-state index in [1.165, 1.54) is 0 Å². The number of likely N-dealkylation sites (N-methyl/N-ethyl adjacent to an activating group) is 1. The lowest BCUT2D eigenvalue weighted by molar-refractivity contribution is -0.116. The minimum Gasteiger partial charge on any atom is -0.350 e. The summed E-state index contributed by atoms with van der Waals surface area (Å²) >= 11 is 0. The van der Waals surface area contributed by atoms with Gasteiger partial charge in [-0.1, -0.05) is 6.92 Å². The van der Waals surface area contributed by atoms with Crippen LogP contribution >= 0.6 is 0 Å². The van der Waals surface area contributed by atoms with E-state index in [0.29, 0.717) is 18.7 Å². The van der Waals surface area contributed by atoms with Gasteiger partial charge in [0.1, 0.15) is 0 Å². The number of carbonyl (C=O) groups is 2. The number of rotatable bonds is 5. The lowest BCUT2D eigenvalue weighted by Crippen LogP contribution is -2.38. The number of hydrogen-bond donors (Lipinski definition) is 2. The fourth-order valence-electron chi connectivity index (χ4n) is 2.64. The van der Waals surface area contributed by atoms with Gasteiger partial charge in [0.25, 0.3) is 5.91 Å². The molecule has 1 aromatic rings. The van der Waals surface area contributed by atoms with E-state index in [4.69, 9.17) is 0 Å². The molecule has 0 bridgehead atoms. The Kier molecular flexibility index (Phi) is 4.96. The number of benzene rings is 1. The van der Waals surface area contributed by atoms with E-state index in [0.717, 1.165) is 24.2 Å². The molecule has 1 atom stereocenters. The lowest BCUT2D eigenvalue weighted by Gasteiger charge is -2.15. The molecule has 0 saturated carbocycles. The van der Waals surface area contributed by atoms with Crippen molar-refractivity contribution in [3.8, 4) is 0 Å². The summed E-state index contributed by atoms with van der Waals surface area (Å²) in [5, 5.41) is 6.18. The molecular weight excluding hydrogens is 266 g/mol. The van der Waals surface area contributed by atoms with Crippen LogP contribution in [-0.2, 0) is 11.2 Å². The summed E-state index contributed by atoms with van der Waals surface area (Å²) in [5.41, 5.74) is 2.65. The number of nitrogens with one attached hydrogen (secondary N) is 2. The quantitative estimate of drug-likeness (QED) is 0.859. The highest BCUT2D eigenvalue weighted by molar-refractivity contribution is 5.97. The third-order valence-corrected chi connectivity index (χ3v) is 3.74. The second-order valence-corrected chi connectivity index (χ2v) is 5.43. The Bertz CT molecular complexity index is 542. The van der Waals surface area contributed by atoms with Crippen LogP contribution in [0.2, 0.25) is 0 Å². The number of hydrogen-bond acceptors (Lipinski definition) is 3. The zero-order valence-corrected chi connectivity index (χ0v) is 12.9. The molecule has 114 valence electrons. The summed E-state index contributed by atoms with van der Waals surface area (Å²) in [6.07, 6.45) is 0.809. The highest BCUT2D eigenvalue weighted by Crippen LogP contribution is 2.28. The Morgan fingerprint density at radius 3 is 2.81 bits per heavy atom. The zero-order valence-electron chi connectivity index (χ0n) is 12.9. The summed E-state index contributed by atoms with van der Waals surface area (Å²) < 4.78 is 0. The molecule has 0 unspecified atom stereocenters. The van der Waals surface area contributed by atoms with Gasteiger partial charge in [0.2, 0.25) is 5.91 Å². The molecule has 0 spiro atoms. The molecule has 1 heterocycles. The molecule has 0 aliphatic carbocycles. The normalized spacial score (nSPS) is 14.7. The van der Waals surface area contributed by atoms with Crippen molar-refractivity contribution in [1.29, 1.82) is 0 Å². The molecule has 21 heavy (non-hydrogen) atoms. The van der Waals surface area contributed by atoms with Crippen LogP contribution in [0.1, 0.15) is 36.7 Å². The standard InChI is InChI=1S/C16H23N3O2/c1-4-17-11(2)10-18-16(21)14-5-6-15-13(9-14)7-8-19(15)12(3)20/h5-6,9,11,17H,4,7-8,10H2,1-3H3,(H,18,21)/t11-/m1/s1. The van der Waals surface area contributed by atoms with Crippen LogP contribution < -0.4 is 15.5 Å². The van der Waals surface area contributed by atoms with Crippen molar-refractivity contribution in [3.63, 3.8) is 0 Å². The van der Waals surface area contributed by atoms with Crippen molar-refractivity contribution in [3.05, 3.63) is 29.3 Å². The number of anilines is 1. The van der Waals surface area contributed by atoms with E-state index in [9.17, 15) is 9.59 Å². The fraction of sp³-hybridized carbons (Fsp3) is 0.500. The van der Waals surface area contributed by atoms with E-state index in [2.05, 4.69) is 10.6 Å². The van der Waals surface area contributed by atoms with Crippen molar-refractivity contribution < 1.29 is 9.59 Å². The summed E-state index contributed by atoms with van der Waals surface area (Å²) in [6.45, 7) is 7.84. The van der Waals surface area contributed by atoms with Crippen LogP contribution in [-0.4, -0.2) is 37.5 Å². The molecule has 2 N–H and O–H groups in total. The van der Waals surface area contributed by atoms with E-state index >= 15 is 0 Å². The highest BCUT2D eigenvalue weighted by Gasteiger charge is 2.23. The van der Waals surface area contributed by atoms with Gasteiger partial charge in [-0.15, -0.1) is 0 Å². The Morgan fingerprint density at radius 2 is 2.14 bits per heavy atom. The predicted octanol–water partition coefficient (Wildman–Crippen LogP) is 1.32. The molecule has 1 aliphatic heterocycles. The second-order valence-electron chi connectivity index (χ2n) is 5.43. The molecule has 0 radical (unpaired) electrons. The molecule has 1 aromatic carbocycles. The van der Waals surface area contributed by atoms with Crippen molar-refractivity contribution in [2.24, 2.45) is 0 Å². The summed E-state index contributed by atoms with van der Waals surface area (Å²) in [4.78, 5) is 25.4. The Labute approximate surface area is 125 Å². The van der Waals surface area contributed by atoms with Gasteiger partial charge < -0.3 is 15.5 Å². The van der Waals surface area contributed by atoms with Crippen LogP contribution in [0.4, 0.5) is 5.69 Å². The van der Waals surface area contributed by atoms with Crippen LogP contribution in [0.25, 0.3) is 0 Å². The topological polar surface area (TPSA) is 61.4 Å². The number of carbonyl (C=O) groups excluding carboxylic acids is 2. The van der Waals surface area contributed by atoms with Gasteiger partial charge in [-0.2, -0.15) is 0 Å². The third-order valence-electron chi connectivity index (χ3n) is 3.74. The average molecular weight is 289 g/mol. The molecule has 1 aliphatic rings. The van der Waals surface area contributed by atoms with Gasteiger partial charge in [0, 0.05) is 37.3 Å². The van der Waals surface area contributed by atoms with Crippen LogP contribution in [0, 0.1) is 0 Å². The van der Waals surface area contributed by atoms with Crippen LogP contribution in [0.15, 0.2) is 18.2 Å². The minimum absolute atomic E-state index is 0.0467. The van der Waals surface area contributed by atoms with Gasteiger partial charge >= 0.3 is 0 Å². The third kappa shape index (κ3) is 3.61. The number of amides is 2. The minimum atomic E-state index is -0.0659. The molecular formula is C16H23N3O2.